The van der Waals surface area contributed by atoms with Crippen molar-refractivity contribution in [3.05, 3.63) is 188 Å². The largest absolute Gasteiger partial charge is 0.208 e. The lowest BCUT2D eigenvalue weighted by atomic mass is 9.96. The van der Waals surface area contributed by atoms with Crippen LogP contribution in [-0.2, 0) is 0 Å². The Kier molecular flexibility index (Phi) is 6.68. The molecule has 1 aromatic heterocycles. The Morgan fingerprint density at radius 2 is 0.840 bits per heavy atom. The first-order valence-electron chi connectivity index (χ1n) is 18.1. The minimum Gasteiger partial charge on any atom is -0.208 e. The second kappa shape index (κ2) is 12.7. The van der Waals surface area contributed by atoms with Crippen molar-refractivity contribution in [2.24, 2.45) is 0 Å². The van der Waals surface area contributed by atoms with E-state index in [1.807, 2.05) is 91.0 Å². The van der Waals surface area contributed by atoms with E-state index in [1.165, 1.54) is 11.5 Å². The molecule has 0 saturated heterocycles. The average Bonchev–Trinajstić information content (AvgIpc) is 3.21. The summed E-state index contributed by atoms with van der Waals surface area (Å²) >= 11 is 0. The molecule has 0 saturated carbocycles. The molecule has 0 spiro atoms. The van der Waals surface area contributed by atoms with Gasteiger partial charge in [0, 0.05) is 16.7 Å². The zero-order valence-corrected chi connectivity index (χ0v) is 27.0. The molecule has 3 nitrogen and oxygen atoms in total. The van der Waals surface area contributed by atoms with Crippen LogP contribution in [0.25, 0.3) is 89.1 Å². The Balaban J connectivity index is 1.15. The van der Waals surface area contributed by atoms with Crippen molar-refractivity contribution >= 4 is 21.5 Å². The molecule has 1 heterocycles. The fraction of sp³-hybridized carbons (Fsp3) is 0. The summed E-state index contributed by atoms with van der Waals surface area (Å²) in [6.07, 6.45) is 0. The quantitative estimate of drug-likeness (QED) is 0.181. The van der Waals surface area contributed by atoms with Gasteiger partial charge in [0.15, 0.2) is 17.5 Å². The normalized spacial score (nSPS) is 12.0. The first-order chi connectivity index (χ1) is 26.0. The maximum absolute atomic E-state index is 9.44. The molecule has 0 aliphatic rings. The van der Waals surface area contributed by atoms with E-state index in [0.717, 1.165) is 49.5 Å². The summed E-state index contributed by atoms with van der Waals surface area (Å²) < 4.78 is 27.3. The summed E-state index contributed by atoms with van der Waals surface area (Å²) in [5, 5.41) is 4.46. The van der Waals surface area contributed by atoms with Gasteiger partial charge in [-0.2, -0.15) is 0 Å². The van der Waals surface area contributed by atoms with Gasteiger partial charge in [-0.15, -0.1) is 0 Å². The summed E-state index contributed by atoms with van der Waals surface area (Å²) in [6.45, 7) is 0. The van der Waals surface area contributed by atoms with Crippen molar-refractivity contribution in [2.75, 3.05) is 0 Å². The van der Waals surface area contributed by atoms with Crippen molar-refractivity contribution in [1.29, 1.82) is 0 Å². The fourth-order valence-corrected chi connectivity index (χ4v) is 6.48. The molecule has 0 atom stereocenters. The minimum absolute atomic E-state index is 0.0132. The van der Waals surface area contributed by atoms with Crippen molar-refractivity contribution in [1.82, 2.24) is 15.0 Å². The molecule has 9 rings (SSSR count). The molecule has 8 aromatic carbocycles. The standard InChI is InChI=1S/C47H31N3/c1-3-11-32(12-4-1)38-25-26-40-31-42(28-27-39(40)29-38)47-49-45(36-14-5-2-6-15-36)48-46(50-47)41-18-9-17-37(30-41)33-21-23-35(24-22-33)44-20-10-16-34-13-7-8-19-43(34)44/h1-31H/i17D,18D,30D. The van der Waals surface area contributed by atoms with Crippen molar-refractivity contribution in [3.8, 4) is 67.5 Å². The Hall–Kier alpha value is -6.71. The minimum atomic E-state index is 0.0132. The zero-order chi connectivity index (χ0) is 35.9. The van der Waals surface area contributed by atoms with E-state index < -0.39 is 0 Å². The maximum Gasteiger partial charge on any atom is 0.164 e. The van der Waals surface area contributed by atoms with Gasteiger partial charge in [-0.1, -0.05) is 170 Å². The van der Waals surface area contributed by atoms with Gasteiger partial charge in [0.25, 0.3) is 0 Å². The van der Waals surface area contributed by atoms with E-state index in [2.05, 4.69) is 72.8 Å². The molecule has 0 N–H and O–H groups in total. The number of nitrogens with zero attached hydrogens (tertiary/aromatic N) is 3. The van der Waals surface area contributed by atoms with E-state index in [9.17, 15) is 1.37 Å². The third-order valence-electron chi connectivity index (χ3n) is 9.05. The number of fused-ring (bicyclic) bond motifs is 2. The monoisotopic (exact) mass is 640 g/mol. The summed E-state index contributed by atoms with van der Waals surface area (Å²) in [5.74, 6) is 1.11. The summed E-state index contributed by atoms with van der Waals surface area (Å²) in [5.41, 5.74) is 7.44. The lowest BCUT2D eigenvalue weighted by molar-refractivity contribution is 1.07. The summed E-state index contributed by atoms with van der Waals surface area (Å²) in [6, 6.07) is 56.7. The van der Waals surface area contributed by atoms with Crippen LogP contribution in [0.15, 0.2) is 188 Å². The van der Waals surface area contributed by atoms with Gasteiger partial charge in [-0.25, -0.2) is 15.0 Å². The predicted octanol–water partition coefficient (Wildman–Crippen LogP) is 12.2. The maximum atomic E-state index is 9.44. The molecule has 0 aliphatic carbocycles. The Labute approximate surface area is 295 Å². The van der Waals surface area contributed by atoms with E-state index in [4.69, 9.17) is 17.7 Å². The van der Waals surface area contributed by atoms with E-state index >= 15 is 0 Å². The molecule has 9 aromatic rings. The van der Waals surface area contributed by atoms with Gasteiger partial charge in [0.2, 0.25) is 0 Å². The SMILES string of the molecule is [2H]c1cc([2H])c(-c2nc(-c3ccccc3)nc(-c3ccc4cc(-c5ccccc5)ccc4c3)n2)c([2H])c1-c1ccc(-c2cccc3ccccc23)cc1. The van der Waals surface area contributed by atoms with Gasteiger partial charge >= 0.3 is 0 Å². The highest BCUT2D eigenvalue weighted by Gasteiger charge is 2.14. The molecular formula is C47H31N3. The molecule has 3 heteroatoms. The van der Waals surface area contributed by atoms with Crippen LogP contribution >= 0.6 is 0 Å². The Morgan fingerprint density at radius 1 is 0.320 bits per heavy atom. The lowest BCUT2D eigenvalue weighted by Gasteiger charge is -2.11. The van der Waals surface area contributed by atoms with Crippen LogP contribution in [0.3, 0.4) is 0 Å². The van der Waals surface area contributed by atoms with Crippen LogP contribution in [0.1, 0.15) is 4.11 Å². The van der Waals surface area contributed by atoms with Crippen LogP contribution < -0.4 is 0 Å². The molecule has 0 unspecified atom stereocenters. The van der Waals surface area contributed by atoms with Crippen LogP contribution in [-0.4, -0.2) is 15.0 Å². The van der Waals surface area contributed by atoms with Gasteiger partial charge < -0.3 is 0 Å². The van der Waals surface area contributed by atoms with E-state index in [0.29, 0.717) is 22.8 Å². The highest BCUT2D eigenvalue weighted by molar-refractivity contribution is 5.97. The van der Waals surface area contributed by atoms with Gasteiger partial charge in [-0.3, -0.25) is 0 Å². The van der Waals surface area contributed by atoms with Crippen molar-refractivity contribution in [2.45, 2.75) is 0 Å². The third-order valence-corrected chi connectivity index (χ3v) is 9.05. The number of hydrogen-bond acceptors (Lipinski definition) is 3. The number of aromatic nitrogens is 3. The van der Waals surface area contributed by atoms with Crippen LogP contribution in [0.2, 0.25) is 0 Å². The number of hydrogen-bond donors (Lipinski definition) is 0. The number of rotatable bonds is 6. The fourth-order valence-electron chi connectivity index (χ4n) is 6.48. The smallest absolute Gasteiger partial charge is 0.164 e. The van der Waals surface area contributed by atoms with E-state index in [-0.39, 0.29) is 29.5 Å². The molecule has 0 amide bonds. The first kappa shape index (κ1) is 26.3. The van der Waals surface area contributed by atoms with E-state index in [1.54, 1.807) is 0 Å². The topological polar surface area (TPSA) is 38.7 Å². The summed E-state index contributed by atoms with van der Waals surface area (Å²) in [7, 11) is 0. The van der Waals surface area contributed by atoms with Gasteiger partial charge in [0.05, 0.1) is 4.11 Å². The average molecular weight is 641 g/mol. The molecule has 50 heavy (non-hydrogen) atoms. The number of benzene rings is 8. The Bertz CT molecular complexity index is 2800. The van der Waals surface area contributed by atoms with Crippen molar-refractivity contribution < 1.29 is 4.11 Å². The summed E-state index contributed by atoms with van der Waals surface area (Å²) in [4.78, 5) is 14.7. The second-order valence-electron chi connectivity index (χ2n) is 12.2. The van der Waals surface area contributed by atoms with Crippen LogP contribution in [0.5, 0.6) is 0 Å². The highest BCUT2D eigenvalue weighted by atomic mass is 15.0. The molecule has 0 fully saturated rings. The first-order valence-corrected chi connectivity index (χ1v) is 16.6. The molecule has 0 aliphatic heterocycles. The molecule has 0 radical (unpaired) electrons. The lowest BCUT2D eigenvalue weighted by Crippen LogP contribution is -2.00. The van der Waals surface area contributed by atoms with Gasteiger partial charge in [0.1, 0.15) is 0 Å². The predicted molar refractivity (Wildman–Crippen MR) is 207 cm³/mol. The van der Waals surface area contributed by atoms with Crippen LogP contribution in [0.4, 0.5) is 0 Å². The second-order valence-corrected chi connectivity index (χ2v) is 12.2. The van der Waals surface area contributed by atoms with Gasteiger partial charge in [-0.05, 0) is 73.1 Å². The zero-order valence-electron chi connectivity index (χ0n) is 30.0. The molecule has 0 bridgehead atoms. The Morgan fingerprint density at radius 3 is 1.60 bits per heavy atom. The van der Waals surface area contributed by atoms with Crippen molar-refractivity contribution in [3.63, 3.8) is 0 Å². The third kappa shape index (κ3) is 5.72. The molecule has 234 valence electrons. The van der Waals surface area contributed by atoms with Crippen LogP contribution in [0, 0.1) is 0 Å². The highest BCUT2D eigenvalue weighted by Crippen LogP contribution is 2.33. The molecular weight excluding hydrogens is 607 g/mol.